The highest BCUT2D eigenvalue weighted by Gasteiger charge is 2.17. The molecule has 1 amide bonds. The molecule has 1 unspecified atom stereocenters. The van der Waals surface area contributed by atoms with Crippen LogP contribution >= 0.6 is 11.6 Å². The van der Waals surface area contributed by atoms with Crippen molar-refractivity contribution in [3.8, 4) is 0 Å². The number of hydrogen-bond acceptors (Lipinski definition) is 1. The van der Waals surface area contributed by atoms with Crippen LogP contribution < -0.4 is 5.32 Å². The predicted octanol–water partition coefficient (Wildman–Crippen LogP) is 3.52. The van der Waals surface area contributed by atoms with Crippen molar-refractivity contribution in [1.29, 1.82) is 0 Å². The first kappa shape index (κ1) is 15.0. The van der Waals surface area contributed by atoms with E-state index < -0.39 is 11.7 Å². The lowest BCUT2D eigenvalue weighted by atomic mass is 10.0. The van der Waals surface area contributed by atoms with E-state index in [1.807, 2.05) is 6.92 Å². The number of carbonyl (C=O) groups is 1. The number of benzene rings is 1. The molecule has 2 nitrogen and oxygen atoms in total. The van der Waals surface area contributed by atoms with Crippen LogP contribution in [0.5, 0.6) is 0 Å². The van der Waals surface area contributed by atoms with Crippen LogP contribution in [0.1, 0.15) is 36.2 Å². The van der Waals surface area contributed by atoms with E-state index in [-0.39, 0.29) is 11.6 Å². The number of amides is 1. The summed E-state index contributed by atoms with van der Waals surface area (Å²) in [5.41, 5.74) is 0.932. The molecule has 0 saturated heterocycles. The number of halogens is 2. The Labute approximate surface area is 113 Å². The van der Waals surface area contributed by atoms with Gasteiger partial charge in [-0.15, -0.1) is 11.6 Å². The standard InChI is InChI=1S/C14H19ClFNO/c1-9(2)6-11(8-15)17-14(18)12-7-10(3)4-5-13(12)16/h4-5,7,9,11H,6,8H2,1-3H3,(H,17,18). The highest BCUT2D eigenvalue weighted by Crippen LogP contribution is 2.12. The lowest BCUT2D eigenvalue weighted by Crippen LogP contribution is -2.37. The lowest BCUT2D eigenvalue weighted by Gasteiger charge is -2.18. The molecule has 0 aliphatic rings. The van der Waals surface area contributed by atoms with E-state index >= 15 is 0 Å². The van der Waals surface area contributed by atoms with Crippen molar-refractivity contribution < 1.29 is 9.18 Å². The summed E-state index contributed by atoms with van der Waals surface area (Å²) in [5, 5.41) is 2.77. The topological polar surface area (TPSA) is 29.1 Å². The molecule has 1 aromatic rings. The van der Waals surface area contributed by atoms with Crippen molar-refractivity contribution in [2.24, 2.45) is 5.92 Å². The maximum absolute atomic E-state index is 13.5. The molecule has 1 N–H and O–H groups in total. The second-order valence-corrected chi connectivity index (χ2v) is 5.25. The Bertz CT molecular complexity index is 420. The van der Waals surface area contributed by atoms with Crippen molar-refractivity contribution in [3.63, 3.8) is 0 Å². The summed E-state index contributed by atoms with van der Waals surface area (Å²) in [7, 11) is 0. The molecule has 100 valence electrons. The minimum Gasteiger partial charge on any atom is -0.348 e. The van der Waals surface area contributed by atoms with Crippen molar-refractivity contribution in [3.05, 3.63) is 35.1 Å². The minimum atomic E-state index is -0.504. The molecule has 0 aromatic heterocycles. The SMILES string of the molecule is Cc1ccc(F)c(C(=O)NC(CCl)CC(C)C)c1. The number of nitrogens with one attached hydrogen (secondary N) is 1. The summed E-state index contributed by atoms with van der Waals surface area (Å²) >= 11 is 5.81. The smallest absolute Gasteiger partial charge is 0.254 e. The van der Waals surface area contributed by atoms with Gasteiger partial charge < -0.3 is 5.32 Å². The molecule has 1 rings (SSSR count). The summed E-state index contributed by atoms with van der Waals surface area (Å²) < 4.78 is 13.5. The van der Waals surface area contributed by atoms with Crippen LogP contribution in [-0.4, -0.2) is 17.8 Å². The van der Waals surface area contributed by atoms with Gasteiger partial charge >= 0.3 is 0 Å². The molecule has 0 bridgehead atoms. The summed E-state index contributed by atoms with van der Waals surface area (Å²) in [4.78, 5) is 12.0. The fourth-order valence-electron chi connectivity index (χ4n) is 1.81. The molecule has 4 heteroatoms. The second-order valence-electron chi connectivity index (χ2n) is 4.94. The molecule has 18 heavy (non-hydrogen) atoms. The van der Waals surface area contributed by atoms with Crippen molar-refractivity contribution in [2.45, 2.75) is 33.2 Å². The van der Waals surface area contributed by atoms with Gasteiger partial charge in [0.2, 0.25) is 0 Å². The van der Waals surface area contributed by atoms with Gasteiger partial charge in [-0.25, -0.2) is 4.39 Å². The zero-order valence-electron chi connectivity index (χ0n) is 11.0. The van der Waals surface area contributed by atoms with Gasteiger partial charge in [0.1, 0.15) is 5.82 Å². The fraction of sp³-hybridized carbons (Fsp3) is 0.500. The molecule has 0 radical (unpaired) electrons. The highest BCUT2D eigenvalue weighted by molar-refractivity contribution is 6.18. The number of rotatable bonds is 5. The Morgan fingerprint density at radius 1 is 1.44 bits per heavy atom. The first-order valence-electron chi connectivity index (χ1n) is 6.07. The Kier molecular flexibility index (Phi) is 5.60. The van der Waals surface area contributed by atoms with E-state index in [4.69, 9.17) is 11.6 Å². The van der Waals surface area contributed by atoms with E-state index in [1.165, 1.54) is 6.07 Å². The van der Waals surface area contributed by atoms with Gasteiger partial charge in [-0.3, -0.25) is 4.79 Å². The van der Waals surface area contributed by atoms with Gasteiger partial charge in [-0.2, -0.15) is 0 Å². The molecule has 0 aliphatic heterocycles. The van der Waals surface area contributed by atoms with Crippen LogP contribution in [0.3, 0.4) is 0 Å². The van der Waals surface area contributed by atoms with Gasteiger partial charge in [0.05, 0.1) is 5.56 Å². The highest BCUT2D eigenvalue weighted by atomic mass is 35.5. The molecule has 0 saturated carbocycles. The largest absolute Gasteiger partial charge is 0.348 e. The fourth-order valence-corrected chi connectivity index (χ4v) is 2.01. The normalized spacial score (nSPS) is 12.6. The van der Waals surface area contributed by atoms with E-state index in [2.05, 4.69) is 19.2 Å². The number of alkyl halides is 1. The zero-order chi connectivity index (χ0) is 13.7. The predicted molar refractivity (Wildman–Crippen MR) is 72.6 cm³/mol. The third-order valence-electron chi connectivity index (χ3n) is 2.64. The molecular formula is C14H19ClFNO. The lowest BCUT2D eigenvalue weighted by molar-refractivity contribution is 0.0932. The molecule has 0 fully saturated rings. The van der Waals surface area contributed by atoms with Gasteiger partial charge in [0.15, 0.2) is 0 Å². The Hall–Kier alpha value is -1.09. The van der Waals surface area contributed by atoms with Crippen molar-refractivity contribution in [1.82, 2.24) is 5.32 Å². The third kappa shape index (κ3) is 4.30. The second kappa shape index (κ2) is 6.74. The third-order valence-corrected chi connectivity index (χ3v) is 3.02. The molecular weight excluding hydrogens is 253 g/mol. The summed E-state index contributed by atoms with van der Waals surface area (Å²) in [6.07, 6.45) is 0.780. The van der Waals surface area contributed by atoms with E-state index in [0.717, 1.165) is 12.0 Å². The van der Waals surface area contributed by atoms with Crippen LogP contribution in [0.2, 0.25) is 0 Å². The van der Waals surface area contributed by atoms with Gasteiger partial charge in [-0.05, 0) is 31.4 Å². The van der Waals surface area contributed by atoms with Gasteiger partial charge in [0.25, 0.3) is 5.91 Å². The van der Waals surface area contributed by atoms with E-state index in [0.29, 0.717) is 11.8 Å². The quantitative estimate of drug-likeness (QED) is 0.816. The molecule has 0 spiro atoms. The molecule has 0 heterocycles. The van der Waals surface area contributed by atoms with Crippen LogP contribution in [0, 0.1) is 18.7 Å². The Balaban J connectivity index is 2.77. The van der Waals surface area contributed by atoms with Crippen molar-refractivity contribution >= 4 is 17.5 Å². The Morgan fingerprint density at radius 3 is 2.67 bits per heavy atom. The number of aryl methyl sites for hydroxylation is 1. The van der Waals surface area contributed by atoms with Crippen LogP contribution in [0.4, 0.5) is 4.39 Å². The average molecular weight is 272 g/mol. The molecule has 0 aliphatic carbocycles. The minimum absolute atomic E-state index is 0.0777. The zero-order valence-corrected chi connectivity index (χ0v) is 11.7. The first-order chi connectivity index (χ1) is 8.43. The maximum Gasteiger partial charge on any atom is 0.254 e. The number of hydrogen-bond donors (Lipinski definition) is 1. The Morgan fingerprint density at radius 2 is 2.11 bits per heavy atom. The van der Waals surface area contributed by atoms with Crippen LogP contribution in [-0.2, 0) is 0 Å². The molecule has 1 atom stereocenters. The van der Waals surface area contributed by atoms with Gasteiger partial charge in [0, 0.05) is 11.9 Å². The van der Waals surface area contributed by atoms with Crippen LogP contribution in [0.25, 0.3) is 0 Å². The number of carbonyl (C=O) groups excluding carboxylic acids is 1. The molecule has 1 aromatic carbocycles. The summed E-state index contributed by atoms with van der Waals surface area (Å²) in [6.45, 7) is 5.93. The van der Waals surface area contributed by atoms with Crippen molar-refractivity contribution in [2.75, 3.05) is 5.88 Å². The van der Waals surface area contributed by atoms with Gasteiger partial charge in [-0.1, -0.05) is 25.5 Å². The summed E-state index contributed by atoms with van der Waals surface area (Å²) in [5.74, 6) is -0.146. The average Bonchev–Trinajstić information content (AvgIpc) is 2.30. The monoisotopic (exact) mass is 271 g/mol. The van der Waals surface area contributed by atoms with Crippen LogP contribution in [0.15, 0.2) is 18.2 Å². The summed E-state index contributed by atoms with van der Waals surface area (Å²) in [6, 6.07) is 4.37. The van der Waals surface area contributed by atoms with E-state index in [1.54, 1.807) is 12.1 Å². The first-order valence-corrected chi connectivity index (χ1v) is 6.60. The maximum atomic E-state index is 13.5. The van der Waals surface area contributed by atoms with E-state index in [9.17, 15) is 9.18 Å².